The van der Waals surface area contributed by atoms with Crippen LogP contribution in [0.25, 0.3) is 0 Å². The van der Waals surface area contributed by atoms with Gasteiger partial charge in [-0.3, -0.25) is 5.32 Å². The zero-order valence-electron chi connectivity index (χ0n) is 25.2. The fourth-order valence-electron chi connectivity index (χ4n) is 4.57. The van der Waals surface area contributed by atoms with E-state index in [1.165, 1.54) is 5.69 Å². The topological polar surface area (TPSA) is 92.4 Å². The number of rotatable bonds is 12. The second-order valence-electron chi connectivity index (χ2n) is 9.61. The molecule has 3 aromatic carbocycles. The summed E-state index contributed by atoms with van der Waals surface area (Å²) in [6.45, 7) is 14.7. The van der Waals surface area contributed by atoms with Crippen LogP contribution in [0.3, 0.4) is 0 Å². The zero-order valence-corrected chi connectivity index (χ0v) is 25.2. The zero-order chi connectivity index (χ0) is 29.9. The monoisotopic (exact) mass is 562 g/mol. The largest absolute Gasteiger partial charge is 0.513 e. The van der Waals surface area contributed by atoms with Gasteiger partial charge in [0.25, 0.3) is 0 Å². The SMILES string of the molecule is CCOC(=O)Nc1ccc(N(C)Cc2cc(Nc3ccc(N(CC)CC)cc3C)cc(C)c2OC(=O)OCC)cc1. The van der Waals surface area contributed by atoms with Gasteiger partial charge in [-0.1, -0.05) is 0 Å². The third kappa shape index (κ3) is 8.54. The van der Waals surface area contributed by atoms with Crippen LogP contribution in [0.15, 0.2) is 54.6 Å². The average Bonchev–Trinajstić information content (AvgIpc) is 2.93. The van der Waals surface area contributed by atoms with E-state index in [-0.39, 0.29) is 6.61 Å². The molecule has 0 aliphatic carbocycles. The van der Waals surface area contributed by atoms with Crippen LogP contribution in [0, 0.1) is 13.8 Å². The van der Waals surface area contributed by atoms with Crippen LogP contribution in [0.2, 0.25) is 0 Å². The first kappa shape index (κ1) is 31.1. The van der Waals surface area contributed by atoms with Crippen molar-refractivity contribution in [3.63, 3.8) is 0 Å². The van der Waals surface area contributed by atoms with E-state index in [0.29, 0.717) is 24.6 Å². The highest BCUT2D eigenvalue weighted by molar-refractivity contribution is 5.84. The molecular formula is C32H42N4O5. The molecule has 0 fully saturated rings. The molecule has 0 heterocycles. The van der Waals surface area contributed by atoms with Gasteiger partial charge in [0.15, 0.2) is 0 Å². The number of ether oxygens (including phenoxy) is 3. The summed E-state index contributed by atoms with van der Waals surface area (Å²) in [6, 6.07) is 17.8. The predicted molar refractivity (Wildman–Crippen MR) is 166 cm³/mol. The molecule has 1 amide bonds. The van der Waals surface area contributed by atoms with E-state index in [4.69, 9.17) is 14.2 Å². The van der Waals surface area contributed by atoms with Gasteiger partial charge in [0, 0.05) is 60.7 Å². The molecule has 41 heavy (non-hydrogen) atoms. The van der Waals surface area contributed by atoms with Gasteiger partial charge in [-0.05, 0) is 107 Å². The van der Waals surface area contributed by atoms with E-state index in [1.807, 2.05) is 55.3 Å². The summed E-state index contributed by atoms with van der Waals surface area (Å²) >= 11 is 0. The predicted octanol–water partition coefficient (Wildman–Crippen LogP) is 7.63. The van der Waals surface area contributed by atoms with E-state index >= 15 is 0 Å². The molecule has 220 valence electrons. The average molecular weight is 563 g/mol. The molecule has 0 bridgehead atoms. The maximum absolute atomic E-state index is 12.3. The number of amides is 1. The lowest BCUT2D eigenvalue weighted by molar-refractivity contribution is 0.103. The van der Waals surface area contributed by atoms with Crippen LogP contribution in [-0.4, -0.2) is 45.6 Å². The summed E-state index contributed by atoms with van der Waals surface area (Å²) in [7, 11) is 1.95. The fourth-order valence-corrected chi connectivity index (χ4v) is 4.57. The van der Waals surface area contributed by atoms with Crippen molar-refractivity contribution in [1.29, 1.82) is 0 Å². The van der Waals surface area contributed by atoms with Crippen LogP contribution in [-0.2, 0) is 16.0 Å². The van der Waals surface area contributed by atoms with Crippen molar-refractivity contribution >= 4 is 40.7 Å². The van der Waals surface area contributed by atoms with Crippen molar-refractivity contribution in [3.8, 4) is 5.75 Å². The highest BCUT2D eigenvalue weighted by Gasteiger charge is 2.17. The first-order valence-corrected chi connectivity index (χ1v) is 14.0. The van der Waals surface area contributed by atoms with Gasteiger partial charge >= 0.3 is 12.2 Å². The maximum atomic E-state index is 12.3. The highest BCUT2D eigenvalue weighted by atomic mass is 16.7. The molecular weight excluding hydrogens is 520 g/mol. The van der Waals surface area contributed by atoms with Crippen LogP contribution in [0.5, 0.6) is 5.75 Å². The lowest BCUT2D eigenvalue weighted by Crippen LogP contribution is -2.21. The lowest BCUT2D eigenvalue weighted by Gasteiger charge is -2.24. The summed E-state index contributed by atoms with van der Waals surface area (Å²) in [5, 5.41) is 6.25. The van der Waals surface area contributed by atoms with Crippen molar-refractivity contribution in [3.05, 3.63) is 71.3 Å². The van der Waals surface area contributed by atoms with Crippen molar-refractivity contribution in [2.75, 3.05) is 53.8 Å². The molecule has 0 spiro atoms. The number of nitrogens with zero attached hydrogens (tertiary/aromatic N) is 2. The second kappa shape index (κ2) is 14.8. The number of hydrogen-bond acceptors (Lipinski definition) is 8. The molecule has 3 rings (SSSR count). The van der Waals surface area contributed by atoms with Crippen LogP contribution >= 0.6 is 0 Å². The molecule has 0 aliphatic heterocycles. The van der Waals surface area contributed by atoms with Crippen molar-refractivity contribution in [2.24, 2.45) is 0 Å². The van der Waals surface area contributed by atoms with Gasteiger partial charge in [-0.2, -0.15) is 0 Å². The van der Waals surface area contributed by atoms with Gasteiger partial charge in [-0.25, -0.2) is 9.59 Å². The third-order valence-electron chi connectivity index (χ3n) is 6.65. The Morgan fingerprint density at radius 3 is 2.05 bits per heavy atom. The Kier molecular flexibility index (Phi) is 11.3. The lowest BCUT2D eigenvalue weighted by atomic mass is 10.1. The molecule has 0 radical (unpaired) electrons. The van der Waals surface area contributed by atoms with Crippen molar-refractivity contribution in [1.82, 2.24) is 0 Å². The molecule has 0 unspecified atom stereocenters. The smallest absolute Gasteiger partial charge is 0.450 e. The van der Waals surface area contributed by atoms with Crippen LogP contribution in [0.4, 0.5) is 38.0 Å². The molecule has 3 aromatic rings. The van der Waals surface area contributed by atoms with Crippen molar-refractivity contribution in [2.45, 2.75) is 48.1 Å². The Bertz CT molecular complexity index is 1320. The molecule has 0 saturated heterocycles. The molecule has 0 aliphatic rings. The molecule has 0 aromatic heterocycles. The third-order valence-corrected chi connectivity index (χ3v) is 6.65. The van der Waals surface area contributed by atoms with Crippen molar-refractivity contribution < 1.29 is 23.8 Å². The van der Waals surface area contributed by atoms with Gasteiger partial charge in [0.1, 0.15) is 5.75 Å². The first-order chi connectivity index (χ1) is 19.7. The molecule has 0 saturated carbocycles. The minimum atomic E-state index is -0.738. The molecule has 9 nitrogen and oxygen atoms in total. The Balaban J connectivity index is 1.88. The summed E-state index contributed by atoms with van der Waals surface area (Å²) in [5.74, 6) is 0.468. The van der Waals surface area contributed by atoms with Gasteiger partial charge in [0.2, 0.25) is 0 Å². The van der Waals surface area contributed by atoms with Gasteiger partial charge in [0.05, 0.1) is 13.2 Å². The van der Waals surface area contributed by atoms with Crippen LogP contribution < -0.4 is 25.2 Å². The first-order valence-electron chi connectivity index (χ1n) is 14.0. The van der Waals surface area contributed by atoms with Crippen LogP contribution in [0.1, 0.15) is 44.4 Å². The summed E-state index contributed by atoms with van der Waals surface area (Å²) in [6.07, 6.45) is -1.23. The number of anilines is 5. The molecule has 9 heteroatoms. The normalized spacial score (nSPS) is 10.5. The van der Waals surface area contributed by atoms with E-state index in [9.17, 15) is 9.59 Å². The number of carbonyl (C=O) groups excluding carboxylic acids is 2. The number of hydrogen-bond donors (Lipinski definition) is 2. The fraction of sp³-hybridized carbons (Fsp3) is 0.375. The Hall–Kier alpha value is -4.40. The summed E-state index contributed by atoms with van der Waals surface area (Å²) < 4.78 is 15.7. The second-order valence-corrected chi connectivity index (χ2v) is 9.61. The summed E-state index contributed by atoms with van der Waals surface area (Å²) in [4.78, 5) is 28.4. The number of benzene rings is 3. The molecule has 0 atom stereocenters. The summed E-state index contributed by atoms with van der Waals surface area (Å²) in [5.41, 5.74) is 7.38. The van der Waals surface area contributed by atoms with E-state index in [2.05, 4.69) is 54.5 Å². The Morgan fingerprint density at radius 1 is 0.780 bits per heavy atom. The number of nitrogens with one attached hydrogen (secondary N) is 2. The quantitative estimate of drug-likeness (QED) is 0.172. The Labute approximate surface area is 243 Å². The maximum Gasteiger partial charge on any atom is 0.513 e. The Morgan fingerprint density at radius 2 is 1.44 bits per heavy atom. The minimum Gasteiger partial charge on any atom is -0.450 e. The number of carbonyl (C=O) groups is 2. The van der Waals surface area contributed by atoms with Gasteiger partial charge < -0.3 is 29.3 Å². The minimum absolute atomic E-state index is 0.224. The van der Waals surface area contributed by atoms with Gasteiger partial charge in [-0.15, -0.1) is 0 Å². The number of aryl methyl sites for hydroxylation is 2. The van der Waals surface area contributed by atoms with E-state index < -0.39 is 12.2 Å². The standard InChI is InChI=1S/C32H42N4O5/c1-8-36(9-2)28-16-17-29(22(5)19-28)33-26-18-23(6)30(41-32(38)40-11-4)24(20-26)21-35(7)27-14-12-25(13-15-27)34-31(37)39-10-3/h12-20,33H,8-11,21H2,1-7H3,(H,34,37). The van der Waals surface area contributed by atoms with E-state index in [0.717, 1.165) is 46.8 Å². The van der Waals surface area contributed by atoms with E-state index in [1.54, 1.807) is 13.8 Å². The highest BCUT2D eigenvalue weighted by Crippen LogP contribution is 2.33. The molecule has 2 N–H and O–H groups in total.